The number of halogens is 1. The molecule has 0 fully saturated rings. The van der Waals surface area contributed by atoms with Crippen molar-refractivity contribution in [1.82, 2.24) is 15.5 Å². The summed E-state index contributed by atoms with van der Waals surface area (Å²) in [7, 11) is 0. The number of nitrogens with one attached hydrogen (secondary N) is 2. The molecule has 7 heteroatoms. The van der Waals surface area contributed by atoms with Gasteiger partial charge in [-0.25, -0.2) is 0 Å². The highest BCUT2D eigenvalue weighted by Gasteiger charge is 2.21. The molecule has 0 radical (unpaired) electrons. The highest BCUT2D eigenvalue weighted by molar-refractivity contribution is 14.0. The van der Waals surface area contributed by atoms with E-state index in [4.69, 9.17) is 4.99 Å². The minimum atomic E-state index is 0. The standard InChI is InChI=1S/C19H28N4S2.HI/c1-3-20-19(21-9-6-17-5-4-11-24-17)22-13-15(2)23-10-7-18-16(14-23)8-12-25-18;/h4-5,8,11-12,15H,3,6-7,9-10,13-14H2,1-2H3,(H2,20,21,22);1H. The Balaban J connectivity index is 0.00000243. The molecule has 2 aromatic rings. The van der Waals surface area contributed by atoms with E-state index in [0.717, 1.165) is 45.1 Å². The third-order valence-electron chi connectivity index (χ3n) is 4.56. The number of fused-ring (bicyclic) bond motifs is 1. The highest BCUT2D eigenvalue weighted by Crippen LogP contribution is 2.25. The number of thiophene rings is 2. The molecule has 3 rings (SSSR count). The molecule has 26 heavy (non-hydrogen) atoms. The van der Waals surface area contributed by atoms with E-state index in [9.17, 15) is 0 Å². The summed E-state index contributed by atoms with van der Waals surface area (Å²) in [6.45, 7) is 9.25. The molecule has 1 unspecified atom stereocenters. The van der Waals surface area contributed by atoms with Gasteiger partial charge in [0.15, 0.2) is 5.96 Å². The van der Waals surface area contributed by atoms with Crippen LogP contribution in [0.2, 0.25) is 0 Å². The van der Waals surface area contributed by atoms with E-state index in [0.29, 0.717) is 6.04 Å². The van der Waals surface area contributed by atoms with Gasteiger partial charge in [0.1, 0.15) is 0 Å². The van der Waals surface area contributed by atoms with E-state index >= 15 is 0 Å². The van der Waals surface area contributed by atoms with Crippen molar-refractivity contribution >= 4 is 52.6 Å². The average Bonchev–Trinajstić information content (AvgIpc) is 3.30. The van der Waals surface area contributed by atoms with Crippen molar-refractivity contribution in [2.75, 3.05) is 26.2 Å². The second-order valence-corrected chi connectivity index (χ2v) is 8.45. The number of guanidine groups is 1. The molecule has 0 bridgehead atoms. The topological polar surface area (TPSA) is 39.7 Å². The SMILES string of the molecule is CCNC(=NCC(C)N1CCc2sccc2C1)NCCc1cccs1.I. The minimum Gasteiger partial charge on any atom is -0.357 e. The second-order valence-electron chi connectivity index (χ2n) is 6.41. The monoisotopic (exact) mass is 504 g/mol. The van der Waals surface area contributed by atoms with Crippen LogP contribution in [0, 0.1) is 0 Å². The van der Waals surface area contributed by atoms with Gasteiger partial charge in [-0.3, -0.25) is 9.89 Å². The van der Waals surface area contributed by atoms with Crippen LogP contribution in [-0.2, 0) is 19.4 Å². The maximum absolute atomic E-state index is 4.81. The van der Waals surface area contributed by atoms with Crippen LogP contribution in [0.3, 0.4) is 0 Å². The number of aliphatic imine (C=N–C) groups is 1. The predicted octanol–water partition coefficient (Wildman–Crippen LogP) is 3.97. The molecule has 0 aromatic carbocycles. The normalized spacial score (nSPS) is 15.8. The van der Waals surface area contributed by atoms with Crippen molar-refractivity contribution < 1.29 is 0 Å². The van der Waals surface area contributed by atoms with Gasteiger partial charge in [-0.05, 0) is 55.1 Å². The van der Waals surface area contributed by atoms with Crippen LogP contribution in [0.25, 0.3) is 0 Å². The summed E-state index contributed by atoms with van der Waals surface area (Å²) in [5, 5.41) is 11.2. The molecule has 3 heterocycles. The van der Waals surface area contributed by atoms with E-state index in [1.807, 2.05) is 22.7 Å². The number of nitrogens with zero attached hydrogens (tertiary/aromatic N) is 2. The minimum absolute atomic E-state index is 0. The van der Waals surface area contributed by atoms with Gasteiger partial charge in [-0.15, -0.1) is 46.7 Å². The van der Waals surface area contributed by atoms with Gasteiger partial charge in [0.2, 0.25) is 0 Å². The van der Waals surface area contributed by atoms with Gasteiger partial charge in [0.25, 0.3) is 0 Å². The van der Waals surface area contributed by atoms with Gasteiger partial charge < -0.3 is 10.6 Å². The first kappa shape index (κ1) is 21.7. The molecule has 2 N–H and O–H groups in total. The molecule has 2 aromatic heterocycles. The Morgan fingerprint density at radius 3 is 2.92 bits per heavy atom. The summed E-state index contributed by atoms with van der Waals surface area (Å²) in [6, 6.07) is 7.03. The Morgan fingerprint density at radius 2 is 2.15 bits per heavy atom. The number of rotatable bonds is 7. The van der Waals surface area contributed by atoms with Crippen molar-refractivity contribution in [3.05, 3.63) is 44.3 Å². The van der Waals surface area contributed by atoms with Crippen LogP contribution in [0.15, 0.2) is 34.0 Å². The van der Waals surface area contributed by atoms with Crippen molar-refractivity contribution in [1.29, 1.82) is 0 Å². The molecule has 0 aliphatic carbocycles. The average molecular weight is 505 g/mol. The zero-order chi connectivity index (χ0) is 17.5. The molecular formula is C19H29IN4S2. The predicted molar refractivity (Wildman–Crippen MR) is 125 cm³/mol. The summed E-state index contributed by atoms with van der Waals surface area (Å²) in [6.07, 6.45) is 2.23. The van der Waals surface area contributed by atoms with Gasteiger partial charge >= 0.3 is 0 Å². The summed E-state index contributed by atoms with van der Waals surface area (Å²) >= 11 is 3.71. The molecule has 0 saturated heterocycles. The Kier molecular flexibility index (Phi) is 9.38. The fourth-order valence-electron chi connectivity index (χ4n) is 3.09. The van der Waals surface area contributed by atoms with E-state index in [1.54, 1.807) is 4.88 Å². The lowest BCUT2D eigenvalue weighted by Crippen LogP contribution is -2.41. The lowest BCUT2D eigenvalue weighted by Gasteiger charge is -2.31. The first-order valence-corrected chi connectivity index (χ1v) is 10.9. The van der Waals surface area contributed by atoms with Gasteiger partial charge in [-0.2, -0.15) is 0 Å². The Bertz CT molecular complexity index is 669. The molecule has 1 aliphatic rings. The van der Waals surface area contributed by atoms with Crippen LogP contribution < -0.4 is 10.6 Å². The summed E-state index contributed by atoms with van der Waals surface area (Å²) in [5.41, 5.74) is 1.51. The van der Waals surface area contributed by atoms with Crippen molar-refractivity contribution in [2.24, 2.45) is 4.99 Å². The highest BCUT2D eigenvalue weighted by atomic mass is 127. The maximum atomic E-state index is 4.81. The maximum Gasteiger partial charge on any atom is 0.191 e. The van der Waals surface area contributed by atoms with E-state index in [1.165, 1.54) is 16.9 Å². The van der Waals surface area contributed by atoms with E-state index < -0.39 is 0 Å². The van der Waals surface area contributed by atoms with Crippen molar-refractivity contribution in [3.63, 3.8) is 0 Å². The third kappa shape index (κ3) is 6.21. The Morgan fingerprint density at radius 1 is 1.27 bits per heavy atom. The summed E-state index contributed by atoms with van der Waals surface area (Å²) in [4.78, 5) is 10.3. The fourth-order valence-corrected chi connectivity index (χ4v) is 4.68. The molecule has 0 saturated carbocycles. The quantitative estimate of drug-likeness (QED) is 0.341. The summed E-state index contributed by atoms with van der Waals surface area (Å²) < 4.78 is 0. The lowest BCUT2D eigenvalue weighted by atomic mass is 10.1. The Hall–Kier alpha value is -0.640. The van der Waals surface area contributed by atoms with Gasteiger partial charge in [0.05, 0.1) is 6.54 Å². The van der Waals surface area contributed by atoms with Crippen LogP contribution in [0.1, 0.15) is 29.2 Å². The molecule has 0 amide bonds. The van der Waals surface area contributed by atoms with Crippen LogP contribution >= 0.6 is 46.7 Å². The zero-order valence-corrected chi connectivity index (χ0v) is 19.5. The molecule has 144 valence electrons. The lowest BCUT2D eigenvalue weighted by molar-refractivity contribution is 0.197. The smallest absolute Gasteiger partial charge is 0.191 e. The molecule has 1 aliphatic heterocycles. The van der Waals surface area contributed by atoms with Gasteiger partial charge in [-0.1, -0.05) is 6.07 Å². The first-order valence-electron chi connectivity index (χ1n) is 9.10. The molecule has 4 nitrogen and oxygen atoms in total. The second kappa shape index (κ2) is 11.3. The van der Waals surface area contributed by atoms with Crippen LogP contribution in [0.5, 0.6) is 0 Å². The first-order chi connectivity index (χ1) is 12.3. The Labute approximate surface area is 182 Å². The van der Waals surface area contributed by atoms with Crippen molar-refractivity contribution in [3.8, 4) is 0 Å². The van der Waals surface area contributed by atoms with Crippen molar-refractivity contribution in [2.45, 2.75) is 39.3 Å². The number of hydrogen-bond acceptors (Lipinski definition) is 4. The fraction of sp³-hybridized carbons (Fsp3) is 0.526. The largest absolute Gasteiger partial charge is 0.357 e. The molecule has 1 atom stereocenters. The summed E-state index contributed by atoms with van der Waals surface area (Å²) in [5.74, 6) is 0.930. The molecular weight excluding hydrogens is 475 g/mol. The van der Waals surface area contributed by atoms with Crippen LogP contribution in [0.4, 0.5) is 0 Å². The molecule has 0 spiro atoms. The number of hydrogen-bond donors (Lipinski definition) is 2. The van der Waals surface area contributed by atoms with Gasteiger partial charge in [0, 0.05) is 42.0 Å². The van der Waals surface area contributed by atoms with Crippen LogP contribution in [-0.4, -0.2) is 43.1 Å². The van der Waals surface area contributed by atoms with E-state index in [-0.39, 0.29) is 24.0 Å². The zero-order valence-electron chi connectivity index (χ0n) is 15.5. The third-order valence-corrected chi connectivity index (χ3v) is 6.52. The van der Waals surface area contributed by atoms with E-state index in [2.05, 4.69) is 58.3 Å².